The average Bonchev–Trinajstić information content (AvgIpc) is 3.18. The lowest BCUT2D eigenvalue weighted by Gasteiger charge is -2.19. The second-order valence-electron chi connectivity index (χ2n) is 7.19. The summed E-state index contributed by atoms with van der Waals surface area (Å²) >= 11 is 1.44. The van der Waals surface area contributed by atoms with Gasteiger partial charge in [0.2, 0.25) is 0 Å². The molecule has 0 unspecified atom stereocenters. The number of benzene rings is 1. The summed E-state index contributed by atoms with van der Waals surface area (Å²) in [6.07, 6.45) is 1.56. The van der Waals surface area contributed by atoms with Gasteiger partial charge in [-0.3, -0.25) is 14.5 Å². The Morgan fingerprint density at radius 3 is 2.35 bits per heavy atom. The van der Waals surface area contributed by atoms with Gasteiger partial charge in [0.05, 0.1) is 5.57 Å². The first-order valence-corrected chi connectivity index (χ1v) is 9.33. The first-order chi connectivity index (χ1) is 12.3. The third-order valence-corrected chi connectivity index (χ3v) is 5.15. The van der Waals surface area contributed by atoms with Crippen molar-refractivity contribution in [1.29, 1.82) is 0 Å². The standard InChI is InChI=1S/C21H22N2O2S/c1-5-12-23-19(24)17(16-7-6-13-26-16)18(20(23)25)22-15-10-8-14(9-11-15)21(2,3)4/h5-11,13,22H,1,12H2,2-4H3. The van der Waals surface area contributed by atoms with E-state index in [1.807, 2.05) is 41.8 Å². The molecule has 2 heterocycles. The fourth-order valence-electron chi connectivity index (χ4n) is 2.83. The molecule has 1 aliphatic heterocycles. The van der Waals surface area contributed by atoms with Crippen LogP contribution in [0.3, 0.4) is 0 Å². The van der Waals surface area contributed by atoms with Gasteiger partial charge in [0.15, 0.2) is 0 Å². The fraction of sp³-hybridized carbons (Fsp3) is 0.238. The zero-order chi connectivity index (χ0) is 18.9. The van der Waals surface area contributed by atoms with Gasteiger partial charge < -0.3 is 5.32 Å². The summed E-state index contributed by atoms with van der Waals surface area (Å²) in [7, 11) is 0. The number of hydrogen-bond acceptors (Lipinski definition) is 4. The molecule has 3 rings (SSSR count). The number of rotatable bonds is 5. The zero-order valence-electron chi connectivity index (χ0n) is 15.2. The lowest BCUT2D eigenvalue weighted by atomic mass is 9.87. The van der Waals surface area contributed by atoms with Crippen LogP contribution in [-0.4, -0.2) is 23.3 Å². The Hall–Kier alpha value is -2.66. The molecule has 0 aliphatic carbocycles. The van der Waals surface area contributed by atoms with Crippen molar-refractivity contribution in [1.82, 2.24) is 4.90 Å². The molecule has 1 N–H and O–H groups in total. The highest BCUT2D eigenvalue weighted by Crippen LogP contribution is 2.33. The summed E-state index contributed by atoms with van der Waals surface area (Å²) in [6.45, 7) is 10.3. The van der Waals surface area contributed by atoms with Gasteiger partial charge in [-0.1, -0.05) is 45.0 Å². The minimum absolute atomic E-state index is 0.0554. The number of carbonyl (C=O) groups is 2. The molecular weight excluding hydrogens is 344 g/mol. The summed E-state index contributed by atoms with van der Waals surface area (Å²) in [5.41, 5.74) is 2.79. The summed E-state index contributed by atoms with van der Waals surface area (Å²) in [4.78, 5) is 27.5. The van der Waals surface area contributed by atoms with Crippen molar-refractivity contribution < 1.29 is 9.59 Å². The topological polar surface area (TPSA) is 49.4 Å². The third-order valence-electron chi connectivity index (χ3n) is 4.27. The molecule has 1 aliphatic rings. The number of amides is 2. The number of nitrogens with zero attached hydrogens (tertiary/aromatic N) is 1. The highest BCUT2D eigenvalue weighted by Gasteiger charge is 2.39. The summed E-state index contributed by atoms with van der Waals surface area (Å²) in [5.74, 6) is -0.607. The van der Waals surface area contributed by atoms with Crippen molar-refractivity contribution in [3.05, 3.63) is 70.6 Å². The Bertz CT molecular complexity index is 872. The second-order valence-corrected chi connectivity index (χ2v) is 8.14. The maximum atomic E-state index is 12.8. The lowest BCUT2D eigenvalue weighted by molar-refractivity contribution is -0.136. The molecule has 0 atom stereocenters. The predicted octanol–water partition coefficient (Wildman–Crippen LogP) is 4.42. The normalized spacial score (nSPS) is 15.0. The summed E-state index contributed by atoms with van der Waals surface area (Å²) < 4.78 is 0. The molecule has 134 valence electrons. The first kappa shape index (κ1) is 18.1. The number of carbonyl (C=O) groups excluding carboxylic acids is 2. The number of imide groups is 1. The highest BCUT2D eigenvalue weighted by atomic mass is 32.1. The van der Waals surface area contributed by atoms with E-state index in [9.17, 15) is 9.59 Å². The molecule has 0 saturated heterocycles. The minimum atomic E-state index is -0.321. The summed E-state index contributed by atoms with van der Waals surface area (Å²) in [6, 6.07) is 11.7. The SMILES string of the molecule is C=CCN1C(=O)C(Nc2ccc(C(C)(C)C)cc2)=C(c2cccs2)C1=O. The molecule has 2 aromatic rings. The first-order valence-electron chi connectivity index (χ1n) is 8.45. The molecule has 0 fully saturated rings. The number of thiophene rings is 1. The molecule has 0 bridgehead atoms. The molecule has 4 nitrogen and oxygen atoms in total. The van der Waals surface area contributed by atoms with E-state index in [1.54, 1.807) is 6.08 Å². The van der Waals surface area contributed by atoms with Crippen molar-refractivity contribution in [2.24, 2.45) is 0 Å². The van der Waals surface area contributed by atoms with Gasteiger partial charge >= 0.3 is 0 Å². The van der Waals surface area contributed by atoms with E-state index in [4.69, 9.17) is 0 Å². The Kier molecular flexibility index (Phi) is 4.83. The lowest BCUT2D eigenvalue weighted by Crippen LogP contribution is -2.32. The van der Waals surface area contributed by atoms with Crippen molar-refractivity contribution in [3.63, 3.8) is 0 Å². The van der Waals surface area contributed by atoms with Crippen LogP contribution in [0.1, 0.15) is 31.2 Å². The van der Waals surface area contributed by atoms with Gasteiger partial charge in [-0.05, 0) is 34.6 Å². The molecule has 0 radical (unpaired) electrons. The molecular formula is C21H22N2O2S. The average molecular weight is 366 g/mol. The van der Waals surface area contributed by atoms with Crippen molar-refractivity contribution >= 4 is 34.4 Å². The van der Waals surface area contributed by atoms with E-state index in [1.165, 1.54) is 21.8 Å². The van der Waals surface area contributed by atoms with Crippen LogP contribution >= 0.6 is 11.3 Å². The van der Waals surface area contributed by atoms with Crippen LogP contribution in [0.25, 0.3) is 5.57 Å². The smallest absolute Gasteiger partial charge is 0.278 e. The van der Waals surface area contributed by atoms with E-state index in [2.05, 4.69) is 32.7 Å². The van der Waals surface area contributed by atoms with Crippen LogP contribution in [0.5, 0.6) is 0 Å². The van der Waals surface area contributed by atoms with E-state index in [0.29, 0.717) is 11.3 Å². The predicted molar refractivity (Wildman–Crippen MR) is 107 cm³/mol. The number of nitrogens with one attached hydrogen (secondary N) is 1. The quantitative estimate of drug-likeness (QED) is 0.629. The summed E-state index contributed by atoms with van der Waals surface area (Å²) in [5, 5.41) is 5.06. The number of hydrogen-bond donors (Lipinski definition) is 1. The Balaban J connectivity index is 1.98. The van der Waals surface area contributed by atoms with Crippen LogP contribution in [0, 0.1) is 0 Å². The van der Waals surface area contributed by atoms with Gasteiger partial charge in [0.25, 0.3) is 11.8 Å². The molecule has 1 aromatic carbocycles. The molecule has 26 heavy (non-hydrogen) atoms. The van der Waals surface area contributed by atoms with Crippen molar-refractivity contribution in [2.75, 3.05) is 11.9 Å². The van der Waals surface area contributed by atoms with Crippen LogP contribution in [0.4, 0.5) is 5.69 Å². The van der Waals surface area contributed by atoms with Crippen LogP contribution in [-0.2, 0) is 15.0 Å². The maximum absolute atomic E-state index is 12.8. The van der Waals surface area contributed by atoms with Gasteiger partial charge in [-0.15, -0.1) is 17.9 Å². The molecule has 2 amide bonds. The van der Waals surface area contributed by atoms with Crippen LogP contribution < -0.4 is 5.32 Å². The zero-order valence-corrected chi connectivity index (χ0v) is 16.0. The maximum Gasteiger partial charge on any atom is 0.278 e. The van der Waals surface area contributed by atoms with Gasteiger partial charge in [-0.2, -0.15) is 0 Å². The van der Waals surface area contributed by atoms with Gasteiger partial charge in [-0.25, -0.2) is 0 Å². The van der Waals surface area contributed by atoms with Gasteiger partial charge in [0, 0.05) is 17.1 Å². The fourth-order valence-corrected chi connectivity index (χ4v) is 3.60. The van der Waals surface area contributed by atoms with Gasteiger partial charge in [0.1, 0.15) is 5.70 Å². The number of anilines is 1. The Morgan fingerprint density at radius 1 is 1.12 bits per heavy atom. The molecule has 5 heteroatoms. The van der Waals surface area contributed by atoms with E-state index in [-0.39, 0.29) is 23.8 Å². The highest BCUT2D eigenvalue weighted by molar-refractivity contribution is 7.11. The molecule has 0 spiro atoms. The Morgan fingerprint density at radius 2 is 1.81 bits per heavy atom. The van der Waals surface area contributed by atoms with E-state index >= 15 is 0 Å². The van der Waals surface area contributed by atoms with Crippen LogP contribution in [0.15, 0.2) is 60.1 Å². The largest absolute Gasteiger partial charge is 0.350 e. The second kappa shape index (κ2) is 6.92. The molecule has 1 aromatic heterocycles. The van der Waals surface area contributed by atoms with Crippen molar-refractivity contribution in [3.8, 4) is 0 Å². The Labute approximate surface area is 157 Å². The van der Waals surface area contributed by atoms with E-state index < -0.39 is 0 Å². The minimum Gasteiger partial charge on any atom is -0.350 e. The third kappa shape index (κ3) is 3.35. The van der Waals surface area contributed by atoms with E-state index in [0.717, 1.165) is 10.6 Å². The molecule has 0 saturated carbocycles. The van der Waals surface area contributed by atoms with Crippen molar-refractivity contribution in [2.45, 2.75) is 26.2 Å². The monoisotopic (exact) mass is 366 g/mol. The van der Waals surface area contributed by atoms with Crippen LogP contribution in [0.2, 0.25) is 0 Å².